The summed E-state index contributed by atoms with van der Waals surface area (Å²) in [6.07, 6.45) is 8.28. The van der Waals surface area contributed by atoms with E-state index in [0.717, 1.165) is 36.8 Å². The minimum Gasteiger partial charge on any atom is -0.386 e. The summed E-state index contributed by atoms with van der Waals surface area (Å²) in [5.41, 5.74) is 0.969. The lowest BCUT2D eigenvalue weighted by Gasteiger charge is -2.37. The average molecular weight is 445 g/mol. The van der Waals surface area contributed by atoms with Gasteiger partial charge in [-0.15, -0.1) is 0 Å². The van der Waals surface area contributed by atoms with Crippen LogP contribution in [0.2, 0.25) is 0 Å². The van der Waals surface area contributed by atoms with E-state index >= 15 is 0 Å². The summed E-state index contributed by atoms with van der Waals surface area (Å²) in [6.45, 7) is 10.2. The van der Waals surface area contributed by atoms with Crippen LogP contribution in [0.1, 0.15) is 66.7 Å². The zero-order valence-electron chi connectivity index (χ0n) is 19.4. The summed E-state index contributed by atoms with van der Waals surface area (Å²) >= 11 is 0. The number of fused-ring (bicyclic) bond motifs is 2. The van der Waals surface area contributed by atoms with E-state index in [4.69, 9.17) is 4.74 Å². The van der Waals surface area contributed by atoms with Crippen LogP contribution in [0, 0.1) is 11.3 Å². The number of hydrogen-bond acceptors (Lipinski definition) is 4. The predicted molar refractivity (Wildman–Crippen MR) is 124 cm³/mol. The Morgan fingerprint density at radius 3 is 2.45 bits per heavy atom. The number of sulfone groups is 1. The van der Waals surface area contributed by atoms with E-state index in [1.807, 2.05) is 32.9 Å². The molecule has 1 saturated heterocycles. The van der Waals surface area contributed by atoms with Gasteiger partial charge in [-0.05, 0) is 88.8 Å². The van der Waals surface area contributed by atoms with Crippen molar-refractivity contribution < 1.29 is 18.3 Å². The van der Waals surface area contributed by atoms with Crippen molar-refractivity contribution in [3.05, 3.63) is 53.6 Å². The maximum absolute atomic E-state index is 13.5. The van der Waals surface area contributed by atoms with Gasteiger partial charge in [0.25, 0.3) is 0 Å². The molecule has 0 spiro atoms. The minimum atomic E-state index is -3.49. The van der Waals surface area contributed by atoms with Crippen LogP contribution in [-0.4, -0.2) is 36.1 Å². The van der Waals surface area contributed by atoms with Gasteiger partial charge in [-0.1, -0.05) is 42.8 Å². The van der Waals surface area contributed by atoms with Crippen molar-refractivity contribution in [1.29, 1.82) is 0 Å². The van der Waals surface area contributed by atoms with Gasteiger partial charge in [-0.2, -0.15) is 0 Å². The van der Waals surface area contributed by atoms with Crippen molar-refractivity contribution in [3.63, 3.8) is 0 Å². The second-order valence-corrected chi connectivity index (χ2v) is 13.1. The Kier molecular flexibility index (Phi) is 5.55. The molecular formula is C26H36O4S. The molecule has 0 amide bonds. The van der Waals surface area contributed by atoms with Crippen LogP contribution >= 0.6 is 0 Å². The van der Waals surface area contributed by atoms with Crippen molar-refractivity contribution in [2.24, 2.45) is 11.3 Å². The largest absolute Gasteiger partial charge is 0.386 e. The summed E-state index contributed by atoms with van der Waals surface area (Å²) in [5, 5.41) is 10.2. The zero-order chi connectivity index (χ0) is 22.7. The maximum atomic E-state index is 13.5. The first-order valence-corrected chi connectivity index (χ1v) is 13.0. The molecule has 0 saturated carbocycles. The zero-order valence-corrected chi connectivity index (χ0v) is 20.2. The number of ether oxygens (including phenoxy) is 1. The summed E-state index contributed by atoms with van der Waals surface area (Å²) in [5.74, 6) is 0.270. The SMILES string of the molecule is C/C1=C\C(S(=O)(=O)c2ccccc2)C[C@@]2(C)O[C@@H]2C[C@]2(C)CC=C(C(C)(C)O)[C@H]2CC1. The molecule has 5 heteroatoms. The van der Waals surface area contributed by atoms with Gasteiger partial charge in [-0.25, -0.2) is 8.42 Å². The lowest BCUT2D eigenvalue weighted by Crippen LogP contribution is -2.34. The second-order valence-electron chi connectivity index (χ2n) is 10.9. The smallest absolute Gasteiger partial charge is 0.184 e. The molecule has 3 aliphatic rings. The van der Waals surface area contributed by atoms with E-state index in [-0.39, 0.29) is 17.4 Å². The molecule has 2 aliphatic carbocycles. The van der Waals surface area contributed by atoms with Crippen LogP contribution in [0.3, 0.4) is 0 Å². The third-order valence-corrected chi connectivity index (χ3v) is 9.80. The van der Waals surface area contributed by atoms with Gasteiger partial charge in [0.1, 0.15) is 0 Å². The number of allylic oxidation sites excluding steroid dienone is 2. The first-order valence-electron chi connectivity index (χ1n) is 11.4. The third-order valence-electron chi connectivity index (χ3n) is 7.77. The third kappa shape index (κ3) is 4.29. The second kappa shape index (κ2) is 7.57. The fraction of sp³-hybridized carbons (Fsp3) is 0.615. The molecule has 1 aromatic carbocycles. The van der Waals surface area contributed by atoms with Gasteiger partial charge in [-0.3, -0.25) is 0 Å². The summed E-state index contributed by atoms with van der Waals surface area (Å²) in [6, 6.07) is 8.76. The van der Waals surface area contributed by atoms with Gasteiger partial charge in [0.2, 0.25) is 0 Å². The highest BCUT2D eigenvalue weighted by molar-refractivity contribution is 7.92. The Morgan fingerprint density at radius 2 is 1.81 bits per heavy atom. The van der Waals surface area contributed by atoms with Crippen LogP contribution in [0.15, 0.2) is 58.5 Å². The molecule has 170 valence electrons. The molecule has 1 fully saturated rings. The molecular weight excluding hydrogens is 408 g/mol. The van der Waals surface area contributed by atoms with E-state index in [9.17, 15) is 13.5 Å². The van der Waals surface area contributed by atoms with Crippen molar-refractivity contribution in [1.82, 2.24) is 0 Å². The molecule has 1 aromatic rings. The monoisotopic (exact) mass is 444 g/mol. The van der Waals surface area contributed by atoms with Gasteiger partial charge in [0.05, 0.1) is 27.5 Å². The van der Waals surface area contributed by atoms with E-state index in [2.05, 4.69) is 19.9 Å². The van der Waals surface area contributed by atoms with Crippen LogP contribution in [0.4, 0.5) is 0 Å². The molecule has 1 heterocycles. The number of aliphatic hydroxyl groups is 1. The van der Waals surface area contributed by atoms with Crippen LogP contribution in [-0.2, 0) is 14.6 Å². The Labute approximate surface area is 187 Å². The van der Waals surface area contributed by atoms with Gasteiger partial charge < -0.3 is 9.84 Å². The highest BCUT2D eigenvalue weighted by Crippen LogP contribution is 2.57. The molecule has 0 bridgehead atoms. The summed E-state index contributed by atoms with van der Waals surface area (Å²) < 4.78 is 33.2. The average Bonchev–Trinajstić information content (AvgIpc) is 3.16. The van der Waals surface area contributed by atoms with Gasteiger partial charge in [0.15, 0.2) is 9.84 Å². The Hall–Kier alpha value is -1.43. The summed E-state index contributed by atoms with van der Waals surface area (Å²) in [4.78, 5) is 0.371. The molecule has 1 unspecified atom stereocenters. The fourth-order valence-electron chi connectivity index (χ4n) is 5.78. The predicted octanol–water partition coefficient (Wildman–Crippen LogP) is 5.23. The molecule has 31 heavy (non-hydrogen) atoms. The van der Waals surface area contributed by atoms with E-state index in [1.54, 1.807) is 24.3 Å². The Bertz CT molecular complexity index is 1000. The molecule has 0 radical (unpaired) electrons. The summed E-state index contributed by atoms with van der Waals surface area (Å²) in [7, 11) is -3.49. The number of rotatable bonds is 3. The maximum Gasteiger partial charge on any atom is 0.184 e. The minimum absolute atomic E-state index is 0.0240. The van der Waals surface area contributed by atoms with Crippen molar-refractivity contribution in [2.75, 3.05) is 0 Å². The standard InChI is InChI=1S/C26H36O4S/c1-18-11-12-22-21(24(2,3)27)13-14-25(22,4)17-23-26(5,30-23)16-20(15-18)31(28,29)19-9-7-6-8-10-19/h6-10,13,15,20,22-23,27H,11-12,14,16-17H2,1-5H3/b18-15+/t20?,22-,23-,25+,26-/m1/s1. The van der Waals surface area contributed by atoms with Crippen molar-refractivity contribution >= 4 is 9.84 Å². The van der Waals surface area contributed by atoms with Crippen LogP contribution in [0.5, 0.6) is 0 Å². The lowest BCUT2D eigenvalue weighted by atomic mass is 9.68. The first-order chi connectivity index (χ1) is 14.4. The van der Waals surface area contributed by atoms with E-state index < -0.39 is 26.3 Å². The topological polar surface area (TPSA) is 66.9 Å². The quantitative estimate of drug-likeness (QED) is 0.512. The van der Waals surface area contributed by atoms with Crippen molar-refractivity contribution in [3.8, 4) is 0 Å². The van der Waals surface area contributed by atoms with Crippen LogP contribution < -0.4 is 0 Å². The highest BCUT2D eigenvalue weighted by Gasteiger charge is 2.58. The number of hydrogen-bond donors (Lipinski definition) is 1. The molecule has 5 atom stereocenters. The lowest BCUT2D eigenvalue weighted by molar-refractivity contribution is 0.0868. The van der Waals surface area contributed by atoms with Crippen LogP contribution in [0.25, 0.3) is 0 Å². The van der Waals surface area contributed by atoms with Gasteiger partial charge in [0, 0.05) is 0 Å². The van der Waals surface area contributed by atoms with E-state index in [0.29, 0.717) is 11.3 Å². The molecule has 1 N–H and O–H groups in total. The molecule has 1 aliphatic heterocycles. The van der Waals surface area contributed by atoms with Crippen molar-refractivity contribution in [2.45, 2.75) is 94.2 Å². The Balaban J connectivity index is 1.69. The number of benzene rings is 1. The van der Waals surface area contributed by atoms with Gasteiger partial charge >= 0.3 is 0 Å². The first kappa shape index (κ1) is 22.8. The normalized spacial score (nSPS) is 38.2. The molecule has 4 rings (SSSR count). The molecule has 0 aromatic heterocycles. The number of epoxide rings is 1. The fourth-order valence-corrected chi connectivity index (χ4v) is 7.62. The molecule has 4 nitrogen and oxygen atoms in total. The van der Waals surface area contributed by atoms with E-state index in [1.165, 1.54) is 0 Å². The highest BCUT2D eigenvalue weighted by atomic mass is 32.2. The Morgan fingerprint density at radius 1 is 1.13 bits per heavy atom.